The number of ether oxygens (including phenoxy) is 1. The van der Waals surface area contributed by atoms with E-state index >= 15 is 0 Å². The van der Waals surface area contributed by atoms with E-state index in [0.717, 1.165) is 11.3 Å². The largest absolute Gasteiger partial charge is 0.493 e. The zero-order chi connectivity index (χ0) is 15.5. The van der Waals surface area contributed by atoms with Crippen molar-refractivity contribution in [2.75, 3.05) is 13.2 Å². The Morgan fingerprint density at radius 2 is 2.24 bits per heavy atom. The van der Waals surface area contributed by atoms with Crippen LogP contribution in [0.15, 0.2) is 23.1 Å². The number of aliphatic carboxylic acids is 1. The molecule has 0 amide bonds. The van der Waals surface area contributed by atoms with Gasteiger partial charge in [0.2, 0.25) is 10.0 Å². The maximum absolute atomic E-state index is 12.2. The fraction of sp³-hybridized carbons (Fsp3) is 0.500. The van der Waals surface area contributed by atoms with Gasteiger partial charge in [-0.2, -0.15) is 0 Å². The Bertz CT molecular complexity index is 626. The summed E-state index contributed by atoms with van der Waals surface area (Å²) in [5, 5.41) is 8.78. The van der Waals surface area contributed by atoms with Crippen molar-refractivity contribution in [3.8, 4) is 5.75 Å². The van der Waals surface area contributed by atoms with E-state index in [4.69, 9.17) is 9.84 Å². The highest BCUT2D eigenvalue weighted by Crippen LogP contribution is 2.27. The first kappa shape index (κ1) is 15.8. The van der Waals surface area contributed by atoms with Gasteiger partial charge in [0.1, 0.15) is 5.75 Å². The molecule has 1 heterocycles. The molecule has 21 heavy (non-hydrogen) atoms. The van der Waals surface area contributed by atoms with Crippen LogP contribution in [0.4, 0.5) is 0 Å². The SMILES string of the molecule is CCC(CNS(=O)(=O)c1ccc2c(c1)CCO2)CC(=O)O. The second kappa shape index (κ2) is 6.44. The molecular formula is C14H19NO5S. The van der Waals surface area contributed by atoms with Crippen molar-refractivity contribution in [1.29, 1.82) is 0 Å². The Morgan fingerprint density at radius 1 is 1.48 bits per heavy atom. The van der Waals surface area contributed by atoms with Crippen molar-refractivity contribution in [3.63, 3.8) is 0 Å². The summed E-state index contributed by atoms with van der Waals surface area (Å²) in [5.41, 5.74) is 0.885. The van der Waals surface area contributed by atoms with Gasteiger partial charge in [-0.1, -0.05) is 13.3 Å². The predicted molar refractivity (Wildman–Crippen MR) is 76.9 cm³/mol. The van der Waals surface area contributed by atoms with E-state index in [1.54, 1.807) is 12.1 Å². The van der Waals surface area contributed by atoms with Crippen LogP contribution < -0.4 is 9.46 Å². The van der Waals surface area contributed by atoms with Crippen LogP contribution in [0.3, 0.4) is 0 Å². The number of nitrogens with one attached hydrogen (secondary N) is 1. The van der Waals surface area contributed by atoms with E-state index in [9.17, 15) is 13.2 Å². The van der Waals surface area contributed by atoms with Crippen LogP contribution in [-0.4, -0.2) is 32.6 Å². The van der Waals surface area contributed by atoms with Crippen molar-refractivity contribution in [2.45, 2.75) is 31.1 Å². The molecule has 1 aliphatic heterocycles. The van der Waals surface area contributed by atoms with Gasteiger partial charge < -0.3 is 9.84 Å². The minimum atomic E-state index is -3.62. The van der Waals surface area contributed by atoms with Gasteiger partial charge in [-0.3, -0.25) is 4.79 Å². The molecule has 2 N–H and O–H groups in total. The van der Waals surface area contributed by atoms with Crippen LogP contribution in [0.2, 0.25) is 0 Å². The third kappa shape index (κ3) is 3.95. The van der Waals surface area contributed by atoms with E-state index in [2.05, 4.69) is 4.72 Å². The molecule has 0 aliphatic carbocycles. The molecule has 0 fully saturated rings. The van der Waals surface area contributed by atoms with E-state index in [0.29, 0.717) is 19.4 Å². The summed E-state index contributed by atoms with van der Waals surface area (Å²) in [6.45, 7) is 2.54. The van der Waals surface area contributed by atoms with Crippen molar-refractivity contribution in [3.05, 3.63) is 23.8 Å². The number of sulfonamides is 1. The minimum Gasteiger partial charge on any atom is -0.493 e. The van der Waals surface area contributed by atoms with Crippen LogP contribution >= 0.6 is 0 Å². The summed E-state index contributed by atoms with van der Waals surface area (Å²) in [7, 11) is -3.62. The molecule has 1 unspecified atom stereocenters. The maximum Gasteiger partial charge on any atom is 0.303 e. The molecule has 1 aromatic rings. The fourth-order valence-electron chi connectivity index (χ4n) is 2.25. The zero-order valence-corrected chi connectivity index (χ0v) is 12.6. The molecule has 1 atom stereocenters. The number of hydrogen-bond acceptors (Lipinski definition) is 4. The highest BCUT2D eigenvalue weighted by molar-refractivity contribution is 7.89. The summed E-state index contributed by atoms with van der Waals surface area (Å²) >= 11 is 0. The van der Waals surface area contributed by atoms with Crippen molar-refractivity contribution in [2.24, 2.45) is 5.92 Å². The normalized spacial score (nSPS) is 15.3. The Hall–Kier alpha value is -1.60. The standard InChI is InChI=1S/C14H19NO5S/c1-2-10(7-14(16)17)9-15-21(18,19)12-3-4-13-11(8-12)5-6-20-13/h3-4,8,10,15H,2,5-7,9H2,1H3,(H,16,17). The summed E-state index contributed by atoms with van der Waals surface area (Å²) < 4.78 is 32.3. The summed E-state index contributed by atoms with van der Waals surface area (Å²) in [6.07, 6.45) is 1.26. The van der Waals surface area contributed by atoms with Gasteiger partial charge in [0.15, 0.2) is 0 Å². The quantitative estimate of drug-likeness (QED) is 0.794. The summed E-state index contributed by atoms with van der Waals surface area (Å²) in [6, 6.07) is 4.78. The Kier molecular flexibility index (Phi) is 4.84. The molecule has 6 nitrogen and oxygen atoms in total. The maximum atomic E-state index is 12.2. The molecular weight excluding hydrogens is 294 g/mol. The van der Waals surface area contributed by atoms with Crippen LogP contribution in [0.25, 0.3) is 0 Å². The lowest BCUT2D eigenvalue weighted by atomic mass is 10.0. The third-order valence-corrected chi connectivity index (χ3v) is 5.00. The fourth-order valence-corrected chi connectivity index (χ4v) is 3.42. The molecule has 0 saturated heterocycles. The lowest BCUT2D eigenvalue weighted by Crippen LogP contribution is -2.30. The molecule has 0 aromatic heterocycles. The lowest BCUT2D eigenvalue weighted by molar-refractivity contribution is -0.138. The number of fused-ring (bicyclic) bond motifs is 1. The second-order valence-electron chi connectivity index (χ2n) is 5.09. The number of carboxylic acid groups (broad SMARTS) is 1. The molecule has 1 aliphatic rings. The van der Waals surface area contributed by atoms with Gasteiger partial charge in [-0.25, -0.2) is 13.1 Å². The highest BCUT2D eigenvalue weighted by atomic mass is 32.2. The first-order valence-corrected chi connectivity index (χ1v) is 8.38. The van der Waals surface area contributed by atoms with Gasteiger partial charge in [-0.05, 0) is 29.7 Å². The van der Waals surface area contributed by atoms with E-state index in [1.807, 2.05) is 6.92 Å². The molecule has 2 rings (SSSR count). The topological polar surface area (TPSA) is 92.7 Å². The number of benzene rings is 1. The van der Waals surface area contributed by atoms with Crippen LogP contribution in [0.1, 0.15) is 25.3 Å². The Balaban J connectivity index is 2.06. The first-order valence-electron chi connectivity index (χ1n) is 6.89. The molecule has 1 aromatic carbocycles. The lowest BCUT2D eigenvalue weighted by Gasteiger charge is -2.14. The van der Waals surface area contributed by atoms with Gasteiger partial charge in [-0.15, -0.1) is 0 Å². The minimum absolute atomic E-state index is 0.0446. The molecule has 7 heteroatoms. The Morgan fingerprint density at radius 3 is 2.90 bits per heavy atom. The Labute approximate surface area is 124 Å². The number of hydrogen-bond donors (Lipinski definition) is 2. The smallest absolute Gasteiger partial charge is 0.303 e. The van der Waals surface area contributed by atoms with Crippen molar-refractivity contribution >= 4 is 16.0 Å². The average molecular weight is 313 g/mol. The molecule has 0 bridgehead atoms. The number of carbonyl (C=O) groups is 1. The van der Waals surface area contributed by atoms with Gasteiger partial charge in [0.05, 0.1) is 11.5 Å². The van der Waals surface area contributed by atoms with Crippen LogP contribution in [0.5, 0.6) is 5.75 Å². The van der Waals surface area contributed by atoms with Crippen molar-refractivity contribution in [1.82, 2.24) is 4.72 Å². The highest BCUT2D eigenvalue weighted by Gasteiger charge is 2.21. The van der Waals surface area contributed by atoms with Crippen molar-refractivity contribution < 1.29 is 23.1 Å². The third-order valence-electron chi connectivity index (χ3n) is 3.57. The molecule has 0 radical (unpaired) electrons. The molecule has 116 valence electrons. The average Bonchev–Trinajstić information content (AvgIpc) is 2.90. The first-order chi connectivity index (χ1) is 9.92. The zero-order valence-electron chi connectivity index (χ0n) is 11.8. The van der Waals surface area contributed by atoms with Gasteiger partial charge in [0.25, 0.3) is 0 Å². The van der Waals surface area contributed by atoms with E-state index in [-0.39, 0.29) is 23.8 Å². The van der Waals surface area contributed by atoms with E-state index < -0.39 is 16.0 Å². The van der Waals surface area contributed by atoms with Crippen LogP contribution in [0, 0.1) is 5.92 Å². The van der Waals surface area contributed by atoms with Gasteiger partial charge >= 0.3 is 5.97 Å². The van der Waals surface area contributed by atoms with Gasteiger partial charge in [0, 0.05) is 19.4 Å². The van der Waals surface area contributed by atoms with Crippen LogP contribution in [-0.2, 0) is 21.2 Å². The molecule has 0 saturated carbocycles. The molecule has 0 spiro atoms. The second-order valence-corrected chi connectivity index (χ2v) is 6.86. The van der Waals surface area contributed by atoms with E-state index in [1.165, 1.54) is 6.07 Å². The predicted octanol–water partition coefficient (Wildman–Crippen LogP) is 1.40. The monoisotopic (exact) mass is 313 g/mol. The number of rotatable bonds is 7. The summed E-state index contributed by atoms with van der Waals surface area (Å²) in [4.78, 5) is 10.9. The summed E-state index contributed by atoms with van der Waals surface area (Å²) in [5.74, 6) is -0.406. The number of carboxylic acids is 1.